The minimum Gasteiger partial charge on any atom is -0.492 e. The number of nitriles is 1. The number of hydrogen-bond acceptors (Lipinski definition) is 6. The summed E-state index contributed by atoms with van der Waals surface area (Å²) in [5.41, 5.74) is 6.24. The van der Waals surface area contributed by atoms with Crippen molar-refractivity contribution in [3.05, 3.63) is 52.4 Å². The number of carbonyl (C=O) groups is 1. The molecule has 3 heterocycles. The molecular formula is C19H20ClN5O2. The number of carbonyl (C=O) groups excluding carboxylic acids is 1. The molecule has 1 saturated heterocycles. The first kappa shape index (κ1) is 19.1. The lowest BCUT2D eigenvalue weighted by molar-refractivity contribution is -0.131. The fraction of sp³-hybridized carbons (Fsp3) is 0.368. The maximum atomic E-state index is 12.4. The summed E-state index contributed by atoms with van der Waals surface area (Å²) in [5.74, 6) is -0.703. The molecule has 1 amide bonds. The molecule has 0 radical (unpaired) electrons. The summed E-state index contributed by atoms with van der Waals surface area (Å²) >= 11 is 5.93. The molecule has 0 bridgehead atoms. The van der Waals surface area contributed by atoms with Crippen molar-refractivity contribution < 1.29 is 9.90 Å². The van der Waals surface area contributed by atoms with Crippen LogP contribution in [0.25, 0.3) is 0 Å². The fourth-order valence-electron chi connectivity index (χ4n) is 3.54. The molecule has 0 spiro atoms. The van der Waals surface area contributed by atoms with Gasteiger partial charge in [0.25, 0.3) is 0 Å². The maximum Gasteiger partial charge on any atom is 0.243 e. The van der Waals surface area contributed by atoms with Gasteiger partial charge in [-0.1, -0.05) is 11.6 Å². The van der Waals surface area contributed by atoms with E-state index in [9.17, 15) is 9.90 Å². The fourth-order valence-corrected chi connectivity index (χ4v) is 3.65. The summed E-state index contributed by atoms with van der Waals surface area (Å²) < 4.78 is 0. The predicted octanol–water partition coefficient (Wildman–Crippen LogP) is 2.29. The number of piperidine rings is 1. The third-order valence-electron chi connectivity index (χ3n) is 5.24. The summed E-state index contributed by atoms with van der Waals surface area (Å²) in [6.45, 7) is 3.02. The zero-order valence-electron chi connectivity index (χ0n) is 14.9. The van der Waals surface area contributed by atoms with Gasteiger partial charge in [-0.15, -0.1) is 0 Å². The lowest BCUT2D eigenvalue weighted by Crippen LogP contribution is -2.56. The third-order valence-corrected chi connectivity index (χ3v) is 5.46. The highest BCUT2D eigenvalue weighted by molar-refractivity contribution is 6.30. The lowest BCUT2D eigenvalue weighted by Gasteiger charge is -2.43. The second kappa shape index (κ2) is 7.51. The van der Waals surface area contributed by atoms with Crippen LogP contribution >= 0.6 is 11.6 Å². The van der Waals surface area contributed by atoms with Crippen molar-refractivity contribution >= 4 is 17.5 Å². The zero-order chi connectivity index (χ0) is 19.6. The van der Waals surface area contributed by atoms with Gasteiger partial charge in [0, 0.05) is 18.9 Å². The van der Waals surface area contributed by atoms with Crippen LogP contribution in [0.1, 0.15) is 42.5 Å². The normalized spacial score (nSPS) is 19.8. The SMILES string of the molecule is CC(C(N)=O)(c1ccc(Cl)cn1)N1CCCC(c2cnc(O)c(C#N)c2)C1. The van der Waals surface area contributed by atoms with Crippen molar-refractivity contribution in [1.29, 1.82) is 5.26 Å². The van der Waals surface area contributed by atoms with E-state index in [0.29, 0.717) is 23.8 Å². The molecule has 2 aromatic heterocycles. The molecule has 3 N–H and O–H groups in total. The smallest absolute Gasteiger partial charge is 0.243 e. The van der Waals surface area contributed by atoms with Gasteiger partial charge in [0.05, 0.1) is 10.7 Å². The van der Waals surface area contributed by atoms with Crippen molar-refractivity contribution in [1.82, 2.24) is 14.9 Å². The molecule has 8 heteroatoms. The van der Waals surface area contributed by atoms with E-state index < -0.39 is 11.4 Å². The van der Waals surface area contributed by atoms with Crippen LogP contribution in [0.2, 0.25) is 5.02 Å². The van der Waals surface area contributed by atoms with E-state index in [1.807, 2.05) is 11.0 Å². The van der Waals surface area contributed by atoms with Gasteiger partial charge in [-0.2, -0.15) is 5.26 Å². The first-order chi connectivity index (χ1) is 12.9. The number of amides is 1. The summed E-state index contributed by atoms with van der Waals surface area (Å²) in [7, 11) is 0. The van der Waals surface area contributed by atoms with Crippen LogP contribution in [0, 0.1) is 11.3 Å². The van der Waals surface area contributed by atoms with Crippen molar-refractivity contribution in [2.45, 2.75) is 31.2 Å². The van der Waals surface area contributed by atoms with Crippen molar-refractivity contribution in [2.75, 3.05) is 13.1 Å². The number of aromatic hydroxyl groups is 1. The Balaban J connectivity index is 1.92. The number of aromatic nitrogens is 2. The number of nitrogens with two attached hydrogens (primary N) is 1. The Kier molecular flexibility index (Phi) is 5.31. The lowest BCUT2D eigenvalue weighted by atomic mass is 9.85. The van der Waals surface area contributed by atoms with Crippen molar-refractivity contribution in [3.63, 3.8) is 0 Å². The van der Waals surface area contributed by atoms with Gasteiger partial charge in [-0.3, -0.25) is 14.7 Å². The highest BCUT2D eigenvalue weighted by atomic mass is 35.5. The van der Waals surface area contributed by atoms with E-state index in [0.717, 1.165) is 18.4 Å². The molecule has 0 aromatic carbocycles. The van der Waals surface area contributed by atoms with E-state index in [4.69, 9.17) is 22.6 Å². The number of hydrogen-bond donors (Lipinski definition) is 2. The van der Waals surface area contributed by atoms with Gasteiger partial charge >= 0.3 is 0 Å². The number of primary amides is 1. The molecule has 1 aliphatic rings. The molecule has 2 unspecified atom stereocenters. The maximum absolute atomic E-state index is 12.4. The van der Waals surface area contributed by atoms with Gasteiger partial charge < -0.3 is 10.8 Å². The average Bonchev–Trinajstić information content (AvgIpc) is 2.68. The topological polar surface area (TPSA) is 116 Å². The molecule has 2 aromatic rings. The van der Waals surface area contributed by atoms with Crippen LogP contribution in [0.5, 0.6) is 5.88 Å². The Morgan fingerprint density at radius 2 is 2.22 bits per heavy atom. The summed E-state index contributed by atoms with van der Waals surface area (Å²) in [5, 5.41) is 19.2. The number of likely N-dealkylation sites (tertiary alicyclic amines) is 1. The quantitative estimate of drug-likeness (QED) is 0.833. The zero-order valence-corrected chi connectivity index (χ0v) is 15.6. The van der Waals surface area contributed by atoms with Gasteiger partial charge in [-0.25, -0.2) is 4.98 Å². The molecule has 7 nitrogen and oxygen atoms in total. The minimum atomic E-state index is -1.08. The van der Waals surface area contributed by atoms with Crippen molar-refractivity contribution in [3.8, 4) is 11.9 Å². The first-order valence-electron chi connectivity index (χ1n) is 8.62. The first-order valence-corrected chi connectivity index (χ1v) is 9.00. The van der Waals surface area contributed by atoms with E-state index >= 15 is 0 Å². The van der Waals surface area contributed by atoms with Crippen LogP contribution in [-0.2, 0) is 10.3 Å². The summed E-state index contributed by atoms with van der Waals surface area (Å²) in [4.78, 5) is 22.7. The molecule has 1 fully saturated rings. The van der Waals surface area contributed by atoms with Gasteiger partial charge in [0.15, 0.2) is 0 Å². The number of rotatable bonds is 4. The second-order valence-electron chi connectivity index (χ2n) is 6.83. The molecule has 0 aliphatic carbocycles. The molecule has 1 aliphatic heterocycles. The largest absolute Gasteiger partial charge is 0.492 e. The summed E-state index contributed by atoms with van der Waals surface area (Å²) in [6.07, 6.45) is 4.82. The van der Waals surface area contributed by atoms with Gasteiger partial charge in [0.1, 0.15) is 17.2 Å². The predicted molar refractivity (Wildman–Crippen MR) is 100.0 cm³/mol. The number of pyridine rings is 2. The van der Waals surface area contributed by atoms with E-state index in [-0.39, 0.29) is 17.4 Å². The Morgan fingerprint density at radius 1 is 1.44 bits per heavy atom. The highest BCUT2D eigenvalue weighted by Gasteiger charge is 2.43. The van der Waals surface area contributed by atoms with E-state index in [2.05, 4.69) is 9.97 Å². The van der Waals surface area contributed by atoms with Crippen LogP contribution in [-0.4, -0.2) is 39.0 Å². The standard InChI is InChI=1S/C19H20ClN5O2/c1-19(18(22)27,16-5-4-15(20)10-23-16)25-6-2-3-12(11-25)14-7-13(8-21)17(26)24-9-14/h4-5,7,9-10,12H,2-3,6,11H2,1H3,(H2,22,27)(H,24,26). The van der Waals surface area contributed by atoms with E-state index in [1.165, 1.54) is 6.20 Å². The number of nitrogens with zero attached hydrogens (tertiary/aromatic N) is 4. The highest BCUT2D eigenvalue weighted by Crippen LogP contribution is 2.36. The van der Waals surface area contributed by atoms with Gasteiger partial charge in [-0.05, 0) is 56.0 Å². The molecule has 3 rings (SSSR count). The molecule has 27 heavy (non-hydrogen) atoms. The van der Waals surface area contributed by atoms with E-state index in [1.54, 1.807) is 31.3 Å². The van der Waals surface area contributed by atoms with Crippen LogP contribution in [0.4, 0.5) is 0 Å². The average molecular weight is 386 g/mol. The monoisotopic (exact) mass is 385 g/mol. The Bertz CT molecular complexity index is 896. The Hall–Kier alpha value is -2.69. The third kappa shape index (κ3) is 3.59. The molecule has 0 saturated carbocycles. The summed E-state index contributed by atoms with van der Waals surface area (Å²) in [6, 6.07) is 7.00. The molecular weight excluding hydrogens is 366 g/mol. The molecule has 2 atom stereocenters. The second-order valence-corrected chi connectivity index (χ2v) is 7.27. The minimum absolute atomic E-state index is 0.0601. The van der Waals surface area contributed by atoms with Crippen LogP contribution < -0.4 is 5.73 Å². The number of halogens is 1. The Morgan fingerprint density at radius 3 is 2.85 bits per heavy atom. The van der Waals surface area contributed by atoms with Crippen molar-refractivity contribution in [2.24, 2.45) is 5.73 Å². The van der Waals surface area contributed by atoms with Crippen LogP contribution in [0.3, 0.4) is 0 Å². The molecule has 140 valence electrons. The Labute approximate surface area is 162 Å². The van der Waals surface area contributed by atoms with Gasteiger partial charge in [0.2, 0.25) is 11.8 Å². The van der Waals surface area contributed by atoms with Crippen LogP contribution in [0.15, 0.2) is 30.6 Å².